The molecule has 3 nitrogen and oxygen atoms in total. The van der Waals surface area contributed by atoms with Gasteiger partial charge in [-0.1, -0.05) is 37.5 Å². The van der Waals surface area contributed by atoms with Crippen LogP contribution in [0, 0.1) is 5.92 Å². The summed E-state index contributed by atoms with van der Waals surface area (Å²) in [4.78, 5) is 14.1. The number of halogens is 1. The number of aryl methyl sites for hydroxylation is 1. The summed E-state index contributed by atoms with van der Waals surface area (Å²) in [6.45, 7) is 0.920. The van der Waals surface area contributed by atoms with Gasteiger partial charge in [0.2, 0.25) is 5.91 Å². The Labute approximate surface area is 134 Å². The molecule has 0 saturated heterocycles. The van der Waals surface area contributed by atoms with Crippen molar-refractivity contribution < 1.29 is 4.79 Å². The molecule has 1 fully saturated rings. The van der Waals surface area contributed by atoms with Crippen molar-refractivity contribution in [2.75, 3.05) is 19.3 Å². The molecule has 1 aromatic carbocycles. The Morgan fingerprint density at radius 2 is 1.90 bits per heavy atom. The van der Waals surface area contributed by atoms with E-state index < -0.39 is 0 Å². The molecule has 0 radical (unpaired) electrons. The summed E-state index contributed by atoms with van der Waals surface area (Å²) >= 11 is 0. The Morgan fingerprint density at radius 3 is 2.57 bits per heavy atom. The molecular formula is C17H27ClN2O. The summed E-state index contributed by atoms with van der Waals surface area (Å²) in [7, 11) is 1.94. The molecule has 21 heavy (non-hydrogen) atoms. The average Bonchev–Trinajstić information content (AvgIpc) is 2.47. The zero-order valence-corrected chi connectivity index (χ0v) is 13.7. The number of para-hydroxylation sites is 1. The van der Waals surface area contributed by atoms with Crippen molar-refractivity contribution in [3.05, 3.63) is 29.8 Å². The molecule has 118 valence electrons. The lowest BCUT2D eigenvalue weighted by molar-refractivity contribution is -0.130. The predicted octanol–water partition coefficient (Wildman–Crippen LogP) is 3.66. The van der Waals surface area contributed by atoms with Gasteiger partial charge >= 0.3 is 0 Å². The first-order chi connectivity index (χ1) is 9.66. The van der Waals surface area contributed by atoms with Crippen molar-refractivity contribution in [2.24, 2.45) is 5.92 Å². The molecule has 0 aromatic heterocycles. The number of nitrogen functional groups attached to an aromatic ring is 1. The molecule has 2 N–H and O–H groups in total. The number of carbonyl (C=O) groups excluding carboxylic acids is 1. The van der Waals surface area contributed by atoms with Crippen LogP contribution in [-0.4, -0.2) is 24.4 Å². The van der Waals surface area contributed by atoms with E-state index in [9.17, 15) is 4.79 Å². The smallest absolute Gasteiger partial charge is 0.222 e. The number of carbonyl (C=O) groups is 1. The third kappa shape index (κ3) is 5.58. The topological polar surface area (TPSA) is 46.3 Å². The van der Waals surface area contributed by atoms with Crippen molar-refractivity contribution in [2.45, 2.75) is 44.9 Å². The average molecular weight is 311 g/mol. The monoisotopic (exact) mass is 310 g/mol. The first-order valence-corrected chi connectivity index (χ1v) is 7.74. The standard InChI is InChI=1S/C17H26N2O.ClH/c1-19(13-14-7-3-2-4-8-14)17(20)12-11-15-9-5-6-10-16(15)18;/h5-6,9-10,14H,2-4,7-8,11-13,18H2,1H3;1H. The molecule has 2 rings (SSSR count). The summed E-state index contributed by atoms with van der Waals surface area (Å²) in [5.41, 5.74) is 7.77. The van der Waals surface area contributed by atoms with E-state index in [0.29, 0.717) is 12.3 Å². The lowest BCUT2D eigenvalue weighted by atomic mass is 9.89. The fraction of sp³-hybridized carbons (Fsp3) is 0.588. The number of nitrogens with two attached hydrogens (primary N) is 1. The van der Waals surface area contributed by atoms with Gasteiger partial charge in [0.25, 0.3) is 0 Å². The third-order valence-corrected chi connectivity index (χ3v) is 4.35. The van der Waals surface area contributed by atoms with Crippen LogP contribution in [0.1, 0.15) is 44.1 Å². The highest BCUT2D eigenvalue weighted by Crippen LogP contribution is 2.24. The second kappa shape index (κ2) is 8.93. The van der Waals surface area contributed by atoms with E-state index in [1.165, 1.54) is 32.1 Å². The first-order valence-electron chi connectivity index (χ1n) is 7.74. The molecule has 0 bridgehead atoms. The van der Waals surface area contributed by atoms with Gasteiger partial charge in [0.15, 0.2) is 0 Å². The van der Waals surface area contributed by atoms with Gasteiger partial charge in [-0.3, -0.25) is 4.79 Å². The largest absolute Gasteiger partial charge is 0.399 e. The number of hydrogen-bond acceptors (Lipinski definition) is 2. The third-order valence-electron chi connectivity index (χ3n) is 4.35. The Balaban J connectivity index is 0.00000220. The minimum absolute atomic E-state index is 0. The van der Waals surface area contributed by atoms with Crippen LogP contribution < -0.4 is 5.73 Å². The minimum atomic E-state index is 0. The highest BCUT2D eigenvalue weighted by atomic mass is 35.5. The van der Waals surface area contributed by atoms with Gasteiger partial charge in [-0.15, -0.1) is 12.4 Å². The van der Waals surface area contributed by atoms with Crippen molar-refractivity contribution in [1.29, 1.82) is 0 Å². The van der Waals surface area contributed by atoms with Crippen LogP contribution >= 0.6 is 12.4 Å². The normalized spacial score (nSPS) is 15.3. The number of rotatable bonds is 5. The summed E-state index contributed by atoms with van der Waals surface area (Å²) in [6.07, 6.45) is 7.87. The molecule has 0 atom stereocenters. The highest BCUT2D eigenvalue weighted by molar-refractivity contribution is 5.85. The van der Waals surface area contributed by atoms with Crippen molar-refractivity contribution in [3.8, 4) is 0 Å². The maximum atomic E-state index is 12.2. The van der Waals surface area contributed by atoms with E-state index in [4.69, 9.17) is 5.73 Å². The lowest BCUT2D eigenvalue weighted by Gasteiger charge is -2.27. The van der Waals surface area contributed by atoms with E-state index >= 15 is 0 Å². The highest BCUT2D eigenvalue weighted by Gasteiger charge is 2.18. The maximum absolute atomic E-state index is 12.2. The van der Waals surface area contributed by atoms with Crippen molar-refractivity contribution in [1.82, 2.24) is 4.90 Å². The van der Waals surface area contributed by atoms with Crippen LogP contribution in [0.4, 0.5) is 5.69 Å². The van der Waals surface area contributed by atoms with E-state index in [-0.39, 0.29) is 18.3 Å². The van der Waals surface area contributed by atoms with E-state index in [1.807, 2.05) is 36.2 Å². The van der Waals surface area contributed by atoms with Crippen LogP contribution in [0.3, 0.4) is 0 Å². The number of hydrogen-bond donors (Lipinski definition) is 1. The zero-order chi connectivity index (χ0) is 14.4. The number of nitrogens with zero attached hydrogens (tertiary/aromatic N) is 1. The number of amides is 1. The molecular weight excluding hydrogens is 284 g/mol. The van der Waals surface area contributed by atoms with Crippen LogP contribution in [0.15, 0.2) is 24.3 Å². The van der Waals surface area contributed by atoms with Gasteiger partial charge in [0.05, 0.1) is 0 Å². The van der Waals surface area contributed by atoms with Crippen molar-refractivity contribution >= 4 is 24.0 Å². The molecule has 0 heterocycles. The lowest BCUT2D eigenvalue weighted by Crippen LogP contribution is -2.32. The second-order valence-electron chi connectivity index (χ2n) is 5.98. The molecule has 1 saturated carbocycles. The Morgan fingerprint density at radius 1 is 1.24 bits per heavy atom. The van der Waals surface area contributed by atoms with Gasteiger partial charge in [-0.25, -0.2) is 0 Å². The fourth-order valence-electron chi connectivity index (χ4n) is 3.05. The van der Waals surface area contributed by atoms with Crippen LogP contribution in [-0.2, 0) is 11.2 Å². The Bertz CT molecular complexity index is 444. The van der Waals surface area contributed by atoms with Crippen molar-refractivity contribution in [3.63, 3.8) is 0 Å². The summed E-state index contributed by atoms with van der Waals surface area (Å²) < 4.78 is 0. The van der Waals surface area contributed by atoms with Crippen LogP contribution in [0.25, 0.3) is 0 Å². The SMILES string of the molecule is CN(CC1CCCCC1)C(=O)CCc1ccccc1N.Cl. The molecule has 0 spiro atoms. The first kappa shape index (κ1) is 17.8. The van der Waals surface area contributed by atoms with E-state index in [1.54, 1.807) is 0 Å². The maximum Gasteiger partial charge on any atom is 0.222 e. The molecule has 1 aromatic rings. The Hall–Kier alpha value is -1.22. The van der Waals surface area contributed by atoms with E-state index in [2.05, 4.69) is 0 Å². The minimum Gasteiger partial charge on any atom is -0.399 e. The molecule has 0 aliphatic heterocycles. The summed E-state index contributed by atoms with van der Waals surface area (Å²) in [6, 6.07) is 7.80. The van der Waals surface area contributed by atoms with Gasteiger partial charge < -0.3 is 10.6 Å². The zero-order valence-electron chi connectivity index (χ0n) is 12.9. The summed E-state index contributed by atoms with van der Waals surface area (Å²) in [5, 5.41) is 0. The second-order valence-corrected chi connectivity index (χ2v) is 5.98. The molecule has 1 aliphatic rings. The number of benzene rings is 1. The van der Waals surface area contributed by atoms with Gasteiger partial charge in [0, 0.05) is 25.7 Å². The fourth-order valence-corrected chi connectivity index (χ4v) is 3.05. The van der Waals surface area contributed by atoms with Gasteiger partial charge in [-0.05, 0) is 36.8 Å². The van der Waals surface area contributed by atoms with Crippen LogP contribution in [0.5, 0.6) is 0 Å². The Kier molecular flexibility index (Phi) is 7.58. The molecule has 1 amide bonds. The molecule has 4 heteroatoms. The molecule has 0 unspecified atom stereocenters. The predicted molar refractivity (Wildman–Crippen MR) is 90.6 cm³/mol. The van der Waals surface area contributed by atoms with Gasteiger partial charge in [-0.2, -0.15) is 0 Å². The molecule has 1 aliphatic carbocycles. The van der Waals surface area contributed by atoms with Gasteiger partial charge in [0.1, 0.15) is 0 Å². The summed E-state index contributed by atoms with van der Waals surface area (Å²) in [5.74, 6) is 0.943. The number of anilines is 1. The quantitative estimate of drug-likeness (QED) is 0.844. The van der Waals surface area contributed by atoms with E-state index in [0.717, 1.165) is 24.2 Å². The van der Waals surface area contributed by atoms with Crippen LogP contribution in [0.2, 0.25) is 0 Å².